The Hall–Kier alpha value is -2.74. The molecule has 0 atom stereocenters. The van der Waals surface area contributed by atoms with Gasteiger partial charge in [0.15, 0.2) is 0 Å². The Morgan fingerprint density at radius 1 is 1.22 bits per heavy atom. The number of carbonyl (C=O) groups is 1. The van der Waals surface area contributed by atoms with E-state index in [1.54, 1.807) is 6.20 Å². The van der Waals surface area contributed by atoms with Crippen LogP contribution in [0.4, 0.5) is 9.93 Å². The molecule has 7 nitrogen and oxygen atoms in total. The fraction of sp³-hybridized carbons (Fsp3) is 0.200. The molecule has 0 aliphatic rings. The minimum Gasteiger partial charge on any atom is -0.334 e. The van der Waals surface area contributed by atoms with Crippen LogP contribution < -0.4 is 10.6 Å². The molecule has 0 radical (unpaired) electrons. The number of anilines is 1. The first-order valence-electron chi connectivity index (χ1n) is 7.09. The first-order chi connectivity index (χ1) is 11.2. The third-order valence-corrected chi connectivity index (χ3v) is 3.88. The molecule has 0 aliphatic heterocycles. The van der Waals surface area contributed by atoms with E-state index in [0.717, 1.165) is 22.7 Å². The number of aryl methyl sites for hydroxylation is 1. The first kappa shape index (κ1) is 15.2. The zero-order valence-corrected chi connectivity index (χ0v) is 13.4. The summed E-state index contributed by atoms with van der Waals surface area (Å²) in [6.45, 7) is 3.02. The van der Waals surface area contributed by atoms with E-state index in [4.69, 9.17) is 0 Å². The van der Waals surface area contributed by atoms with Gasteiger partial charge in [-0.05, 0) is 24.1 Å². The molecule has 8 heteroatoms. The van der Waals surface area contributed by atoms with Gasteiger partial charge in [-0.3, -0.25) is 10.00 Å². The van der Waals surface area contributed by atoms with Gasteiger partial charge in [0.1, 0.15) is 5.01 Å². The van der Waals surface area contributed by atoms with Crippen molar-refractivity contribution in [3.05, 3.63) is 58.9 Å². The molecule has 0 unspecified atom stereocenters. The van der Waals surface area contributed by atoms with E-state index < -0.39 is 0 Å². The lowest BCUT2D eigenvalue weighted by Crippen LogP contribution is -2.28. The number of nitrogens with one attached hydrogen (secondary N) is 2. The Bertz CT molecular complexity index is 766. The second kappa shape index (κ2) is 7.01. The number of benzene rings is 1. The molecule has 2 amide bonds. The van der Waals surface area contributed by atoms with Crippen LogP contribution in [0.15, 0.2) is 42.7 Å². The van der Waals surface area contributed by atoms with Gasteiger partial charge in [-0.25, -0.2) is 4.79 Å². The van der Waals surface area contributed by atoms with Crippen molar-refractivity contribution in [1.82, 2.24) is 25.3 Å². The average molecular weight is 328 g/mol. The first-order valence-corrected chi connectivity index (χ1v) is 7.91. The molecule has 118 valence electrons. The van der Waals surface area contributed by atoms with Crippen molar-refractivity contribution in [3.8, 4) is 0 Å². The van der Waals surface area contributed by atoms with Crippen molar-refractivity contribution < 1.29 is 4.79 Å². The third-order valence-electron chi connectivity index (χ3n) is 3.13. The largest absolute Gasteiger partial charge is 0.334 e. The zero-order valence-electron chi connectivity index (χ0n) is 12.6. The SMILES string of the molecule is Cc1nnc(NC(=O)NCc2ccc(Cn3cccn3)cc2)s1. The van der Waals surface area contributed by atoms with Gasteiger partial charge in [0.05, 0.1) is 6.54 Å². The monoisotopic (exact) mass is 328 g/mol. The van der Waals surface area contributed by atoms with Gasteiger partial charge in [-0.2, -0.15) is 5.10 Å². The van der Waals surface area contributed by atoms with Crippen molar-refractivity contribution >= 4 is 22.5 Å². The molecule has 2 aromatic heterocycles. The summed E-state index contributed by atoms with van der Waals surface area (Å²) in [5.74, 6) is 0. The minimum absolute atomic E-state index is 0.290. The fourth-order valence-corrected chi connectivity index (χ4v) is 2.60. The van der Waals surface area contributed by atoms with Crippen LogP contribution in [0.2, 0.25) is 0 Å². The van der Waals surface area contributed by atoms with Crippen LogP contribution in [0, 0.1) is 6.92 Å². The highest BCUT2D eigenvalue weighted by molar-refractivity contribution is 7.15. The van der Waals surface area contributed by atoms with Crippen molar-refractivity contribution in [2.24, 2.45) is 0 Å². The predicted molar refractivity (Wildman–Crippen MR) is 88.3 cm³/mol. The Morgan fingerprint density at radius 3 is 2.65 bits per heavy atom. The predicted octanol–water partition coefficient (Wildman–Crippen LogP) is 2.41. The van der Waals surface area contributed by atoms with Crippen LogP contribution in [-0.4, -0.2) is 26.0 Å². The maximum absolute atomic E-state index is 11.8. The van der Waals surface area contributed by atoms with Crippen LogP contribution in [0.3, 0.4) is 0 Å². The number of amides is 2. The van der Waals surface area contributed by atoms with Gasteiger partial charge < -0.3 is 5.32 Å². The van der Waals surface area contributed by atoms with Gasteiger partial charge in [0, 0.05) is 18.9 Å². The lowest BCUT2D eigenvalue weighted by atomic mass is 10.1. The van der Waals surface area contributed by atoms with Crippen LogP contribution in [0.25, 0.3) is 0 Å². The highest BCUT2D eigenvalue weighted by Crippen LogP contribution is 2.13. The van der Waals surface area contributed by atoms with Crippen molar-refractivity contribution in [3.63, 3.8) is 0 Å². The molecule has 23 heavy (non-hydrogen) atoms. The molecule has 3 aromatic rings. The number of hydrogen-bond acceptors (Lipinski definition) is 5. The molecule has 2 N–H and O–H groups in total. The number of hydrogen-bond donors (Lipinski definition) is 2. The maximum atomic E-state index is 11.8. The minimum atomic E-state index is -0.290. The lowest BCUT2D eigenvalue weighted by molar-refractivity contribution is 0.251. The van der Waals surface area contributed by atoms with E-state index in [1.807, 2.05) is 48.1 Å². The number of carbonyl (C=O) groups excluding carboxylic acids is 1. The summed E-state index contributed by atoms with van der Waals surface area (Å²) in [6.07, 6.45) is 3.69. The topological polar surface area (TPSA) is 84.7 Å². The van der Waals surface area contributed by atoms with Gasteiger partial charge >= 0.3 is 6.03 Å². The summed E-state index contributed by atoms with van der Waals surface area (Å²) in [6, 6.07) is 9.66. The van der Waals surface area contributed by atoms with Gasteiger partial charge in [0.2, 0.25) is 5.13 Å². The zero-order chi connectivity index (χ0) is 16.1. The number of aromatic nitrogens is 4. The van der Waals surface area contributed by atoms with Gasteiger partial charge in [-0.1, -0.05) is 35.6 Å². The Balaban J connectivity index is 1.49. The molecule has 0 spiro atoms. The van der Waals surface area contributed by atoms with E-state index >= 15 is 0 Å². The normalized spacial score (nSPS) is 10.5. The standard InChI is InChI=1S/C15H16N6OS/c1-11-19-20-15(23-11)18-14(22)16-9-12-3-5-13(6-4-12)10-21-8-2-7-17-21/h2-8H,9-10H2,1H3,(H2,16,18,20,22). The smallest absolute Gasteiger partial charge is 0.321 e. The van der Waals surface area contributed by atoms with Crippen LogP contribution in [0.5, 0.6) is 0 Å². The molecular formula is C15H16N6OS. The summed E-state index contributed by atoms with van der Waals surface area (Å²) >= 11 is 1.34. The summed E-state index contributed by atoms with van der Waals surface area (Å²) in [5.41, 5.74) is 2.18. The van der Waals surface area contributed by atoms with Crippen LogP contribution in [0.1, 0.15) is 16.1 Å². The highest BCUT2D eigenvalue weighted by Gasteiger charge is 2.05. The molecule has 3 rings (SSSR count). The van der Waals surface area contributed by atoms with E-state index in [9.17, 15) is 4.79 Å². The molecule has 0 bridgehead atoms. The fourth-order valence-electron chi connectivity index (χ4n) is 2.01. The molecule has 0 saturated heterocycles. The average Bonchev–Trinajstić information content (AvgIpc) is 3.19. The van der Waals surface area contributed by atoms with E-state index in [-0.39, 0.29) is 6.03 Å². The third kappa shape index (κ3) is 4.36. The van der Waals surface area contributed by atoms with Crippen LogP contribution >= 0.6 is 11.3 Å². The summed E-state index contributed by atoms with van der Waals surface area (Å²) in [5, 5.41) is 18.6. The summed E-state index contributed by atoms with van der Waals surface area (Å²) in [4.78, 5) is 11.8. The van der Waals surface area contributed by atoms with Crippen molar-refractivity contribution in [1.29, 1.82) is 0 Å². The molecule has 0 aliphatic carbocycles. The Morgan fingerprint density at radius 2 is 2.00 bits per heavy atom. The second-order valence-corrected chi connectivity index (χ2v) is 6.14. The van der Waals surface area contributed by atoms with E-state index in [0.29, 0.717) is 11.7 Å². The molecule has 0 fully saturated rings. The quantitative estimate of drug-likeness (QED) is 0.753. The number of urea groups is 1. The Labute approximate surface area is 137 Å². The highest BCUT2D eigenvalue weighted by atomic mass is 32.1. The lowest BCUT2D eigenvalue weighted by Gasteiger charge is -2.07. The molecular weight excluding hydrogens is 312 g/mol. The van der Waals surface area contributed by atoms with E-state index in [1.165, 1.54) is 11.3 Å². The van der Waals surface area contributed by atoms with Gasteiger partial charge in [-0.15, -0.1) is 10.2 Å². The summed E-state index contributed by atoms with van der Waals surface area (Å²) < 4.78 is 1.87. The summed E-state index contributed by atoms with van der Waals surface area (Å²) in [7, 11) is 0. The molecule has 2 heterocycles. The molecule has 0 saturated carbocycles. The van der Waals surface area contributed by atoms with Crippen molar-refractivity contribution in [2.75, 3.05) is 5.32 Å². The van der Waals surface area contributed by atoms with Crippen molar-refractivity contribution in [2.45, 2.75) is 20.0 Å². The second-order valence-electron chi connectivity index (χ2n) is 4.95. The maximum Gasteiger partial charge on any atom is 0.321 e. The number of nitrogens with zero attached hydrogens (tertiary/aromatic N) is 4. The van der Waals surface area contributed by atoms with E-state index in [2.05, 4.69) is 25.9 Å². The van der Waals surface area contributed by atoms with Crippen LogP contribution in [-0.2, 0) is 13.1 Å². The van der Waals surface area contributed by atoms with Gasteiger partial charge in [0.25, 0.3) is 0 Å². The Kier molecular flexibility index (Phi) is 4.62. The molecule has 1 aromatic carbocycles. The number of rotatable bonds is 5.